The molecule has 3 N–H and O–H groups in total. The largest absolute Gasteiger partial charge is 0.481 e. The van der Waals surface area contributed by atoms with Crippen molar-refractivity contribution < 1.29 is 29.2 Å². The van der Waals surface area contributed by atoms with Gasteiger partial charge in [0.15, 0.2) is 0 Å². The van der Waals surface area contributed by atoms with Crippen molar-refractivity contribution >= 4 is 17.6 Å². The van der Waals surface area contributed by atoms with Gasteiger partial charge in [0.05, 0.1) is 41.7 Å². The summed E-state index contributed by atoms with van der Waals surface area (Å²) in [6.07, 6.45) is -2.54. The second-order valence-corrected chi connectivity index (χ2v) is 11.5. The molecule has 0 saturated heterocycles. The first-order valence-corrected chi connectivity index (χ1v) is 15.0. The minimum absolute atomic E-state index is 0.0202. The molecule has 0 amide bonds. The Labute approximate surface area is 258 Å². The van der Waals surface area contributed by atoms with E-state index in [9.17, 15) is 19.4 Å². The van der Waals surface area contributed by atoms with E-state index in [1.165, 1.54) is 12.1 Å². The Hall–Kier alpha value is -4.27. The lowest BCUT2D eigenvalue weighted by Gasteiger charge is -2.20. The summed E-state index contributed by atoms with van der Waals surface area (Å²) in [5, 5.41) is 30.1. The zero-order valence-corrected chi connectivity index (χ0v) is 25.7. The van der Waals surface area contributed by atoms with Crippen molar-refractivity contribution in [2.75, 3.05) is 0 Å². The maximum Gasteiger partial charge on any atom is 0.305 e. The summed E-state index contributed by atoms with van der Waals surface area (Å²) in [6.45, 7) is 8.42. The lowest BCUT2D eigenvalue weighted by molar-refractivity contribution is -0.139. The van der Waals surface area contributed by atoms with Gasteiger partial charge in [0.2, 0.25) is 5.90 Å². The van der Waals surface area contributed by atoms with Gasteiger partial charge < -0.3 is 24.6 Å². The van der Waals surface area contributed by atoms with Crippen molar-refractivity contribution in [1.29, 1.82) is 0 Å². The standard InChI is InChI=1S/C36H41FN2O5/c1-23(2)34-33(36(44-24(3)4)38-28-13-9-6-10-14-28)32(25-11-7-5-8-12-25)35(26-15-17-27(37)18-16-26)39(34)20-19-29(40)21-30(41)22-31(42)43/h5-18,23-24,29-30,40-41H,19-22H2,1-4H3,(H,42,43)/t29-,30-/m1/s1. The van der Waals surface area contributed by atoms with Crippen LogP contribution in [0.15, 0.2) is 89.9 Å². The van der Waals surface area contributed by atoms with Crippen LogP contribution in [0.2, 0.25) is 0 Å². The van der Waals surface area contributed by atoms with Crippen molar-refractivity contribution in [3.8, 4) is 22.4 Å². The third-order valence-electron chi connectivity index (χ3n) is 7.22. The number of carbonyl (C=O) groups is 1. The van der Waals surface area contributed by atoms with Crippen LogP contribution < -0.4 is 0 Å². The van der Waals surface area contributed by atoms with Gasteiger partial charge in [0.1, 0.15) is 5.82 Å². The van der Waals surface area contributed by atoms with E-state index in [1.807, 2.05) is 74.5 Å². The number of rotatable bonds is 13. The average Bonchev–Trinajstić information content (AvgIpc) is 3.32. The first kappa shape index (κ1) is 32.6. The van der Waals surface area contributed by atoms with Gasteiger partial charge in [-0.2, -0.15) is 0 Å². The van der Waals surface area contributed by atoms with E-state index < -0.39 is 24.6 Å². The SMILES string of the molecule is CC(C)OC(=Nc1ccccc1)c1c(-c2ccccc2)c(-c2ccc(F)cc2)n(CC[C@@H](O)C[C@@H](O)CC(=O)O)c1C(C)C. The zero-order chi connectivity index (χ0) is 31.8. The van der Waals surface area contributed by atoms with Gasteiger partial charge in [-0.3, -0.25) is 4.79 Å². The van der Waals surface area contributed by atoms with E-state index in [1.54, 1.807) is 12.1 Å². The number of ether oxygens (including phenoxy) is 1. The molecule has 1 aromatic heterocycles. The molecule has 0 spiro atoms. The molecule has 232 valence electrons. The molecular formula is C36H41FN2O5. The number of nitrogens with zero attached hydrogens (tertiary/aromatic N) is 2. The zero-order valence-electron chi connectivity index (χ0n) is 25.7. The first-order chi connectivity index (χ1) is 21.0. The van der Waals surface area contributed by atoms with E-state index in [-0.39, 0.29) is 30.7 Å². The molecule has 4 aromatic rings. The molecule has 3 aromatic carbocycles. The highest BCUT2D eigenvalue weighted by molar-refractivity contribution is 6.07. The lowest BCUT2D eigenvalue weighted by Crippen LogP contribution is -2.22. The lowest BCUT2D eigenvalue weighted by atomic mass is 9.94. The topological polar surface area (TPSA) is 104 Å². The Bertz CT molecular complexity index is 1550. The van der Waals surface area contributed by atoms with Crippen LogP contribution in [0.1, 0.15) is 64.1 Å². The Kier molecular flexibility index (Phi) is 11.1. The molecule has 7 nitrogen and oxygen atoms in total. The fourth-order valence-electron chi connectivity index (χ4n) is 5.46. The highest BCUT2D eigenvalue weighted by atomic mass is 19.1. The summed E-state index contributed by atoms with van der Waals surface area (Å²) in [7, 11) is 0. The number of carboxylic acid groups (broad SMARTS) is 1. The molecule has 0 radical (unpaired) electrons. The van der Waals surface area contributed by atoms with Crippen molar-refractivity contribution in [2.45, 2.75) is 77.7 Å². The predicted octanol–water partition coefficient (Wildman–Crippen LogP) is 7.56. The molecule has 0 saturated carbocycles. The summed E-state index contributed by atoms with van der Waals surface area (Å²) in [4.78, 5) is 16.1. The van der Waals surface area contributed by atoms with Crippen molar-refractivity contribution in [1.82, 2.24) is 4.57 Å². The number of hydrogen-bond acceptors (Lipinski definition) is 5. The number of aliphatic hydroxyl groups excluding tert-OH is 2. The molecule has 0 aliphatic rings. The number of aliphatic imine (C=N–C) groups is 1. The molecule has 0 unspecified atom stereocenters. The molecule has 0 aliphatic carbocycles. The van der Waals surface area contributed by atoms with E-state index >= 15 is 0 Å². The van der Waals surface area contributed by atoms with Crippen LogP contribution >= 0.6 is 0 Å². The number of aromatic nitrogens is 1. The minimum atomic E-state index is -1.16. The minimum Gasteiger partial charge on any atom is -0.481 e. The van der Waals surface area contributed by atoms with Crippen molar-refractivity contribution in [3.63, 3.8) is 0 Å². The van der Waals surface area contributed by atoms with Crippen LogP contribution in [-0.2, 0) is 16.1 Å². The summed E-state index contributed by atoms with van der Waals surface area (Å²) in [5.41, 5.74) is 5.87. The van der Waals surface area contributed by atoms with Gasteiger partial charge >= 0.3 is 5.97 Å². The molecule has 4 rings (SSSR count). The average molecular weight is 601 g/mol. The summed E-state index contributed by atoms with van der Waals surface area (Å²) in [6, 6.07) is 25.9. The van der Waals surface area contributed by atoms with Crippen LogP contribution in [0.25, 0.3) is 22.4 Å². The van der Waals surface area contributed by atoms with Crippen LogP contribution in [0, 0.1) is 5.82 Å². The maximum atomic E-state index is 14.2. The van der Waals surface area contributed by atoms with E-state index in [2.05, 4.69) is 18.4 Å². The Morgan fingerprint density at radius 2 is 1.48 bits per heavy atom. The number of halogens is 1. The molecule has 2 atom stereocenters. The Morgan fingerprint density at radius 1 is 0.864 bits per heavy atom. The molecule has 0 fully saturated rings. The predicted molar refractivity (Wildman–Crippen MR) is 172 cm³/mol. The van der Waals surface area contributed by atoms with E-state index in [0.717, 1.165) is 39.3 Å². The Morgan fingerprint density at radius 3 is 2.05 bits per heavy atom. The van der Waals surface area contributed by atoms with Crippen LogP contribution in [-0.4, -0.2) is 50.1 Å². The molecule has 0 bridgehead atoms. The van der Waals surface area contributed by atoms with Crippen molar-refractivity contribution in [2.24, 2.45) is 4.99 Å². The monoisotopic (exact) mass is 600 g/mol. The van der Waals surface area contributed by atoms with Crippen LogP contribution in [0.5, 0.6) is 0 Å². The summed E-state index contributed by atoms with van der Waals surface area (Å²) < 4.78 is 22.8. The third-order valence-corrected chi connectivity index (χ3v) is 7.22. The highest BCUT2D eigenvalue weighted by Crippen LogP contribution is 2.43. The second-order valence-electron chi connectivity index (χ2n) is 11.5. The van der Waals surface area contributed by atoms with Crippen LogP contribution in [0.3, 0.4) is 0 Å². The Balaban J connectivity index is 2.01. The number of para-hydroxylation sites is 1. The van der Waals surface area contributed by atoms with Gasteiger partial charge in [-0.05, 0) is 80.1 Å². The smallest absolute Gasteiger partial charge is 0.305 e. The quantitative estimate of drug-likeness (QED) is 0.109. The molecular weight excluding hydrogens is 559 g/mol. The van der Waals surface area contributed by atoms with Gasteiger partial charge in [0, 0.05) is 17.8 Å². The third kappa shape index (κ3) is 8.21. The van der Waals surface area contributed by atoms with Crippen molar-refractivity contribution in [3.05, 3.63) is 102 Å². The van der Waals surface area contributed by atoms with Gasteiger partial charge in [-0.1, -0.05) is 62.4 Å². The second kappa shape index (κ2) is 14.9. The maximum absolute atomic E-state index is 14.2. The van der Waals surface area contributed by atoms with E-state index in [4.69, 9.17) is 14.8 Å². The number of aliphatic hydroxyl groups is 2. The van der Waals surface area contributed by atoms with Gasteiger partial charge in [0.25, 0.3) is 0 Å². The van der Waals surface area contributed by atoms with Gasteiger partial charge in [-0.25, -0.2) is 9.38 Å². The normalized spacial score (nSPS) is 13.3. The highest BCUT2D eigenvalue weighted by Gasteiger charge is 2.31. The molecule has 1 heterocycles. The number of aliphatic carboxylic acids is 1. The number of hydrogen-bond donors (Lipinski definition) is 3. The molecule has 8 heteroatoms. The summed E-state index contributed by atoms with van der Waals surface area (Å²) >= 11 is 0. The molecule has 0 aliphatic heterocycles. The number of benzene rings is 3. The fraction of sp³-hybridized carbons (Fsp3) is 0.333. The van der Waals surface area contributed by atoms with E-state index in [0.29, 0.717) is 12.4 Å². The number of carboxylic acids is 1. The van der Waals surface area contributed by atoms with Gasteiger partial charge in [-0.15, -0.1) is 0 Å². The van der Waals surface area contributed by atoms with Crippen LogP contribution in [0.4, 0.5) is 10.1 Å². The summed E-state index contributed by atoms with van der Waals surface area (Å²) in [5.74, 6) is -1.04. The molecule has 44 heavy (non-hydrogen) atoms. The first-order valence-electron chi connectivity index (χ1n) is 15.0. The fourth-order valence-corrected chi connectivity index (χ4v) is 5.46.